The van der Waals surface area contributed by atoms with Crippen molar-refractivity contribution in [2.24, 2.45) is 0 Å². The molecule has 0 aliphatic carbocycles. The summed E-state index contributed by atoms with van der Waals surface area (Å²) in [6.45, 7) is 0. The summed E-state index contributed by atoms with van der Waals surface area (Å²) in [5.41, 5.74) is 0. The minimum Gasteiger partial charge on any atom is -2.00 e. The van der Waals surface area contributed by atoms with Gasteiger partial charge in [0.2, 0.25) is 0 Å². The minimum absolute atomic E-state index is 0. The number of hydrogen-bond acceptors (Lipinski definition) is 1. The van der Waals surface area contributed by atoms with Crippen LogP contribution >= 0.6 is 0 Å². The van der Waals surface area contributed by atoms with Crippen molar-refractivity contribution in [2.45, 2.75) is 0 Å². The molecule has 0 heterocycles. The predicted octanol–water partition coefficient (Wildman–Crippen LogP) is -1.13. The topological polar surface area (TPSA) is 52.3 Å². The first kappa shape index (κ1) is 22.7. The summed E-state index contributed by atoms with van der Waals surface area (Å²) in [5.74, 6) is 0. The van der Waals surface area contributed by atoms with Gasteiger partial charge >= 0.3 is 23.1 Å². The average molecular weight is 83.4 g/mol. The second-order valence-corrected chi connectivity index (χ2v) is 0. The predicted molar refractivity (Wildman–Crippen MR) is 15.3 cm³/mol. The minimum atomic E-state index is 0. The summed E-state index contributed by atoms with van der Waals surface area (Å²) in [5, 5.41) is 0. The van der Waals surface area contributed by atoms with E-state index in [-0.39, 0.29) is 28.5 Å². The molecule has 0 unspecified atom stereocenters. The van der Waals surface area contributed by atoms with Crippen LogP contribution in [-0.4, -0.2) is 32.9 Å². The molecule has 0 amide bonds. The molecule has 0 N–H and O–H groups in total. The Labute approximate surface area is 43.7 Å². The number of nitrogens with zero attached hydrogens (tertiary/aromatic N) is 1. The number of hydrogen-bond donors (Lipinski definition) is 0. The third-order valence-electron chi connectivity index (χ3n) is 0. The molecule has 0 spiro atoms. The van der Waals surface area contributed by atoms with Crippen molar-refractivity contribution in [3.05, 3.63) is 0 Å². The zero-order valence-electron chi connectivity index (χ0n) is 2.14. The van der Waals surface area contributed by atoms with Crippen LogP contribution in [0.25, 0.3) is 0 Å². The van der Waals surface area contributed by atoms with Crippen molar-refractivity contribution in [3.8, 4) is 0 Å². The van der Waals surface area contributed by atoms with E-state index in [1.807, 2.05) is 0 Å². The quantitative estimate of drug-likeness (QED) is 0.342. The van der Waals surface area contributed by atoms with Crippen molar-refractivity contribution < 1.29 is 5.48 Å². The van der Waals surface area contributed by atoms with Crippen LogP contribution < -0.4 is 0 Å². The Kier molecular flexibility index (Phi) is 342. The van der Waals surface area contributed by atoms with Gasteiger partial charge in [0.15, 0.2) is 9.88 Å². The van der Waals surface area contributed by atoms with E-state index in [1.54, 1.807) is 0 Å². The standard InChI is InChI=1S/Mg.HNSi.O/c;1-2;/h;2H;/q+2;;-2. The van der Waals surface area contributed by atoms with Gasteiger partial charge in [-0.1, -0.05) is 0 Å². The van der Waals surface area contributed by atoms with Crippen LogP contribution in [0.2, 0.25) is 0 Å². The van der Waals surface area contributed by atoms with Gasteiger partial charge in [-0.15, -0.1) is 0 Å². The molecule has 2 nitrogen and oxygen atoms in total. The summed E-state index contributed by atoms with van der Waals surface area (Å²) in [4.78, 5) is 6.92. The normalized spacial score (nSPS) is 0.500. The fourth-order valence-corrected chi connectivity index (χ4v) is 0. The molecule has 0 rings (SSSR count). The maximum Gasteiger partial charge on any atom is 2.00 e. The fourth-order valence-electron chi connectivity index (χ4n) is 0. The molecule has 4 heavy (non-hydrogen) atoms. The molecule has 0 aliphatic rings. The van der Waals surface area contributed by atoms with Crippen molar-refractivity contribution >= 4 is 32.9 Å². The molecule has 18 valence electrons. The van der Waals surface area contributed by atoms with E-state index < -0.39 is 0 Å². The van der Waals surface area contributed by atoms with Gasteiger partial charge < -0.3 is 5.48 Å². The van der Waals surface area contributed by atoms with Crippen LogP contribution in [0.15, 0.2) is 0 Å². The van der Waals surface area contributed by atoms with Gasteiger partial charge in [-0.05, 0) is 0 Å². The SMILES string of the molecule is N#[SiH].[Mg+2].[O-2]. The molecular formula is HMgNOSi. The van der Waals surface area contributed by atoms with Crippen LogP contribution in [0.5, 0.6) is 0 Å². The molecule has 0 saturated carbocycles. The third kappa shape index (κ3) is 17.0. The Morgan fingerprint density at radius 2 is 1.25 bits per heavy atom. The van der Waals surface area contributed by atoms with Crippen molar-refractivity contribution in [2.75, 3.05) is 0 Å². The van der Waals surface area contributed by atoms with Crippen LogP contribution in [0.4, 0.5) is 0 Å². The van der Waals surface area contributed by atoms with E-state index in [2.05, 4.69) is 0 Å². The number of rotatable bonds is 0. The molecule has 0 aromatic heterocycles. The Morgan fingerprint density at radius 1 is 1.25 bits per heavy atom. The van der Waals surface area contributed by atoms with Crippen LogP contribution in [0, 0.1) is 4.89 Å². The Hall–Kier alpha value is 0.653. The van der Waals surface area contributed by atoms with Gasteiger partial charge in [-0.25, -0.2) is 0 Å². The molecule has 0 bridgehead atoms. The first-order valence-electron chi connectivity index (χ1n) is 0.258. The Bertz CT molecular complexity index is 12.8. The third-order valence-corrected chi connectivity index (χ3v) is 0. The molecule has 0 radical (unpaired) electrons. The Balaban J connectivity index is -0.00000000500. The first-order valence-corrected chi connectivity index (χ1v) is 0.775. The van der Waals surface area contributed by atoms with E-state index in [4.69, 9.17) is 4.89 Å². The van der Waals surface area contributed by atoms with E-state index in [1.165, 1.54) is 9.88 Å². The largest absolute Gasteiger partial charge is 2.00 e. The Morgan fingerprint density at radius 3 is 1.25 bits per heavy atom. The van der Waals surface area contributed by atoms with E-state index >= 15 is 0 Å². The van der Waals surface area contributed by atoms with Gasteiger partial charge in [0.1, 0.15) is 0 Å². The zero-order valence-corrected chi connectivity index (χ0v) is 4.71. The van der Waals surface area contributed by atoms with Crippen molar-refractivity contribution in [1.82, 2.24) is 0 Å². The van der Waals surface area contributed by atoms with Gasteiger partial charge in [0.05, 0.1) is 0 Å². The summed E-state index contributed by atoms with van der Waals surface area (Å²) < 4.78 is 0. The summed E-state index contributed by atoms with van der Waals surface area (Å²) >= 11 is 0. The van der Waals surface area contributed by atoms with Crippen molar-refractivity contribution in [3.63, 3.8) is 0 Å². The molecule has 0 atom stereocenters. The van der Waals surface area contributed by atoms with Gasteiger partial charge in [0.25, 0.3) is 0 Å². The van der Waals surface area contributed by atoms with Gasteiger partial charge in [-0.2, -0.15) is 0 Å². The molecular weight excluding hydrogens is 82.4 g/mol. The van der Waals surface area contributed by atoms with E-state index in [9.17, 15) is 0 Å². The van der Waals surface area contributed by atoms with Crippen LogP contribution in [0.1, 0.15) is 0 Å². The zero-order chi connectivity index (χ0) is 2.00. The maximum absolute atomic E-state index is 6.92. The fraction of sp³-hybridized carbons (Fsp3) is 0. The van der Waals surface area contributed by atoms with Crippen molar-refractivity contribution in [1.29, 1.82) is 4.89 Å². The monoisotopic (exact) mass is 83.0 g/mol. The summed E-state index contributed by atoms with van der Waals surface area (Å²) in [6, 6.07) is 0. The summed E-state index contributed by atoms with van der Waals surface area (Å²) in [6.07, 6.45) is 0. The first-order chi connectivity index (χ1) is 1.00. The van der Waals surface area contributed by atoms with Crippen LogP contribution in [0.3, 0.4) is 0 Å². The maximum atomic E-state index is 6.92. The molecule has 0 saturated heterocycles. The second-order valence-electron chi connectivity index (χ2n) is 0. The average Bonchev–Trinajstić information content (AvgIpc) is 1.00. The van der Waals surface area contributed by atoms with Gasteiger partial charge in [0, 0.05) is 0 Å². The molecule has 4 heteroatoms. The molecule has 0 aliphatic heterocycles. The molecule has 0 aromatic carbocycles. The smallest absolute Gasteiger partial charge is 2.00 e. The van der Waals surface area contributed by atoms with E-state index in [0.29, 0.717) is 0 Å². The van der Waals surface area contributed by atoms with Gasteiger partial charge in [-0.3, -0.25) is 4.89 Å². The molecule has 0 fully saturated rings. The second kappa shape index (κ2) is 60.3. The summed E-state index contributed by atoms with van der Waals surface area (Å²) in [7, 11) is 1.42. The molecule has 0 aromatic rings. The van der Waals surface area contributed by atoms with Crippen LogP contribution in [-0.2, 0) is 5.48 Å². The van der Waals surface area contributed by atoms with E-state index in [0.717, 1.165) is 0 Å².